The topological polar surface area (TPSA) is 18.5 Å². The number of rotatable bonds is 4. The van der Waals surface area contributed by atoms with Crippen LogP contribution in [0.4, 0.5) is 4.39 Å². The van der Waals surface area contributed by atoms with Crippen molar-refractivity contribution in [2.75, 3.05) is 0 Å². The lowest BCUT2D eigenvalue weighted by molar-refractivity contribution is -0.0959. The van der Waals surface area contributed by atoms with Gasteiger partial charge in [-0.05, 0) is 49.0 Å². The van der Waals surface area contributed by atoms with Gasteiger partial charge in [-0.2, -0.15) is 0 Å². The molecule has 3 heteroatoms. The molecule has 0 spiro atoms. The molecule has 2 nitrogen and oxygen atoms in total. The molecule has 2 aliphatic heterocycles. The molecule has 0 aromatic heterocycles. The van der Waals surface area contributed by atoms with E-state index in [1.807, 2.05) is 0 Å². The second-order valence-corrected chi connectivity index (χ2v) is 6.80. The van der Waals surface area contributed by atoms with Gasteiger partial charge in [0.25, 0.3) is 0 Å². The molecule has 2 fully saturated rings. The first kappa shape index (κ1) is 14.7. The fourth-order valence-electron chi connectivity index (χ4n) is 3.77. The highest BCUT2D eigenvalue weighted by Crippen LogP contribution is 2.57. The smallest absolute Gasteiger partial charge is 0.123 e. The van der Waals surface area contributed by atoms with E-state index in [2.05, 4.69) is 27.4 Å². The summed E-state index contributed by atoms with van der Waals surface area (Å²) in [7, 11) is 0. The van der Waals surface area contributed by atoms with Gasteiger partial charge < -0.3 is 9.47 Å². The van der Waals surface area contributed by atoms with E-state index in [-0.39, 0.29) is 23.1 Å². The molecule has 2 bridgehead atoms. The van der Waals surface area contributed by atoms with Crippen LogP contribution >= 0.6 is 0 Å². The lowest BCUT2D eigenvalue weighted by Gasteiger charge is -2.34. The highest BCUT2D eigenvalue weighted by Gasteiger charge is 2.63. The first-order chi connectivity index (χ1) is 9.87. The zero-order valence-electron chi connectivity index (χ0n) is 13.0. The van der Waals surface area contributed by atoms with Crippen LogP contribution in [0.25, 0.3) is 0 Å². The highest BCUT2D eigenvalue weighted by molar-refractivity contribution is 5.33. The van der Waals surface area contributed by atoms with Gasteiger partial charge in [-0.1, -0.05) is 32.6 Å². The second kappa shape index (κ2) is 4.92. The van der Waals surface area contributed by atoms with E-state index >= 15 is 0 Å². The molecule has 0 radical (unpaired) electrons. The maximum atomic E-state index is 12.9. The minimum absolute atomic E-state index is 0.0845. The molecule has 3 atom stereocenters. The van der Waals surface area contributed by atoms with Gasteiger partial charge in [0.2, 0.25) is 0 Å². The predicted octanol–water partition coefficient (Wildman–Crippen LogP) is 4.24. The molecule has 114 valence electrons. The van der Waals surface area contributed by atoms with E-state index in [4.69, 9.17) is 9.47 Å². The summed E-state index contributed by atoms with van der Waals surface area (Å²) in [5.41, 5.74) is 1.52. The van der Waals surface area contributed by atoms with Crippen LogP contribution in [0.1, 0.15) is 39.2 Å². The summed E-state index contributed by atoms with van der Waals surface area (Å²) in [5, 5.41) is 0. The molecular weight excluding hydrogens is 267 g/mol. The summed E-state index contributed by atoms with van der Waals surface area (Å²) < 4.78 is 25.4. The monoisotopic (exact) mass is 290 g/mol. The van der Waals surface area contributed by atoms with Gasteiger partial charge in [-0.3, -0.25) is 0 Å². The van der Waals surface area contributed by atoms with Gasteiger partial charge >= 0.3 is 0 Å². The van der Waals surface area contributed by atoms with Crippen LogP contribution < -0.4 is 0 Å². The molecule has 1 aromatic carbocycles. The second-order valence-electron chi connectivity index (χ2n) is 6.80. The number of benzene rings is 1. The van der Waals surface area contributed by atoms with Crippen LogP contribution in [0.3, 0.4) is 0 Å². The maximum absolute atomic E-state index is 12.9. The van der Waals surface area contributed by atoms with Gasteiger partial charge in [0.1, 0.15) is 11.9 Å². The Morgan fingerprint density at radius 2 is 2.00 bits per heavy atom. The fraction of sp³-hybridized carbons (Fsp3) is 0.556. The van der Waals surface area contributed by atoms with Gasteiger partial charge in [-0.25, -0.2) is 4.39 Å². The van der Waals surface area contributed by atoms with Crippen molar-refractivity contribution in [3.05, 3.63) is 47.8 Å². The maximum Gasteiger partial charge on any atom is 0.123 e. The van der Waals surface area contributed by atoms with Gasteiger partial charge in [-0.15, -0.1) is 0 Å². The third kappa shape index (κ3) is 2.23. The van der Waals surface area contributed by atoms with Crippen molar-refractivity contribution in [2.45, 2.75) is 57.5 Å². The molecule has 0 N–H and O–H groups in total. The molecule has 2 saturated heterocycles. The van der Waals surface area contributed by atoms with E-state index < -0.39 is 0 Å². The zero-order valence-corrected chi connectivity index (χ0v) is 13.0. The van der Waals surface area contributed by atoms with Crippen LogP contribution in [0.2, 0.25) is 0 Å². The van der Waals surface area contributed by atoms with Crippen LogP contribution in [-0.2, 0) is 16.1 Å². The van der Waals surface area contributed by atoms with Crippen LogP contribution in [0.15, 0.2) is 36.4 Å². The van der Waals surface area contributed by atoms with Crippen LogP contribution in [0, 0.1) is 11.7 Å². The van der Waals surface area contributed by atoms with E-state index in [0.717, 1.165) is 24.0 Å². The number of ether oxygens (including phenoxy) is 2. The Balaban J connectivity index is 1.74. The third-order valence-electron chi connectivity index (χ3n) is 5.09. The van der Waals surface area contributed by atoms with E-state index in [1.165, 1.54) is 12.1 Å². The van der Waals surface area contributed by atoms with Gasteiger partial charge in [0.15, 0.2) is 0 Å². The predicted molar refractivity (Wildman–Crippen MR) is 80.4 cm³/mol. The van der Waals surface area contributed by atoms with Gasteiger partial charge in [0, 0.05) is 0 Å². The highest BCUT2D eigenvalue weighted by atomic mass is 19.1. The average molecular weight is 290 g/mol. The molecule has 1 aromatic rings. The quantitative estimate of drug-likeness (QED) is 0.772. The first-order valence-corrected chi connectivity index (χ1v) is 7.63. The summed E-state index contributed by atoms with van der Waals surface area (Å²) in [5.74, 6) is 0.170. The lowest BCUT2D eigenvalue weighted by Crippen LogP contribution is -2.40. The van der Waals surface area contributed by atoms with E-state index in [1.54, 1.807) is 12.1 Å². The summed E-state index contributed by atoms with van der Waals surface area (Å²) in [6, 6.07) is 6.43. The molecule has 0 unspecified atom stereocenters. The minimum atomic E-state index is -0.276. The molecular formula is C18H23FO2. The van der Waals surface area contributed by atoms with Crippen molar-refractivity contribution in [2.24, 2.45) is 5.92 Å². The standard InChI is InChI=1S/C18H23FO2/c1-12(2)18-10-9-17(4,21-18)16(13(18)3)20-11-14-5-7-15(19)8-6-14/h5-8,12,16H,3,9-11H2,1-2,4H3/t16-,17+,18+/m1/s1. The molecule has 0 aliphatic carbocycles. The normalized spacial score (nSPS) is 34.9. The van der Waals surface area contributed by atoms with Crippen LogP contribution in [-0.4, -0.2) is 17.3 Å². The Kier molecular flexibility index (Phi) is 3.45. The van der Waals surface area contributed by atoms with Crippen molar-refractivity contribution in [3.8, 4) is 0 Å². The molecule has 2 heterocycles. The summed E-state index contributed by atoms with van der Waals surface area (Å²) in [6.07, 6.45) is 1.94. The van der Waals surface area contributed by atoms with Crippen molar-refractivity contribution in [3.63, 3.8) is 0 Å². The summed E-state index contributed by atoms with van der Waals surface area (Å²) >= 11 is 0. The first-order valence-electron chi connectivity index (χ1n) is 7.63. The molecule has 21 heavy (non-hydrogen) atoms. The van der Waals surface area contributed by atoms with E-state index in [9.17, 15) is 4.39 Å². The molecule has 3 rings (SSSR count). The number of fused-ring (bicyclic) bond motifs is 2. The Bertz CT molecular complexity index is 551. The van der Waals surface area contributed by atoms with Crippen molar-refractivity contribution >= 4 is 0 Å². The van der Waals surface area contributed by atoms with Gasteiger partial charge in [0.05, 0.1) is 17.8 Å². The molecule has 2 aliphatic rings. The summed E-state index contributed by atoms with van der Waals surface area (Å²) in [6.45, 7) is 11.2. The number of hydrogen-bond donors (Lipinski definition) is 0. The largest absolute Gasteiger partial charge is 0.366 e. The lowest BCUT2D eigenvalue weighted by atomic mass is 9.72. The molecule has 0 amide bonds. The number of hydrogen-bond acceptors (Lipinski definition) is 2. The SMILES string of the molecule is C=C1[C@@H](OCc2ccc(F)cc2)[C@]2(C)CC[C@@]1(C(C)C)O2. The Labute approximate surface area is 126 Å². The van der Waals surface area contributed by atoms with Crippen molar-refractivity contribution < 1.29 is 13.9 Å². The zero-order chi connectivity index (χ0) is 15.3. The van der Waals surface area contributed by atoms with Crippen LogP contribution in [0.5, 0.6) is 0 Å². The average Bonchev–Trinajstić information content (AvgIpc) is 2.90. The Morgan fingerprint density at radius 3 is 2.57 bits per heavy atom. The minimum Gasteiger partial charge on any atom is -0.366 e. The third-order valence-corrected chi connectivity index (χ3v) is 5.09. The van der Waals surface area contributed by atoms with E-state index in [0.29, 0.717) is 12.5 Å². The Morgan fingerprint density at radius 1 is 1.33 bits per heavy atom. The Hall–Kier alpha value is -1.19. The summed E-state index contributed by atoms with van der Waals surface area (Å²) in [4.78, 5) is 0. The van der Waals surface area contributed by atoms with Crippen molar-refractivity contribution in [1.29, 1.82) is 0 Å². The number of halogens is 1. The fourth-order valence-corrected chi connectivity index (χ4v) is 3.77. The molecule has 0 saturated carbocycles. The van der Waals surface area contributed by atoms with Crippen molar-refractivity contribution in [1.82, 2.24) is 0 Å².